The molecule has 0 spiro atoms. The molecule has 1 aromatic heterocycles. The molecule has 1 unspecified atom stereocenters. The molecule has 1 N–H and O–H groups in total. The van der Waals surface area contributed by atoms with Gasteiger partial charge < -0.3 is 19.3 Å². The second kappa shape index (κ2) is 7.73. The number of rotatable bonds is 3. The van der Waals surface area contributed by atoms with E-state index < -0.39 is 17.5 Å². The Balaban J connectivity index is 1.63. The van der Waals surface area contributed by atoms with Crippen LogP contribution in [0, 0.1) is 13.8 Å². The van der Waals surface area contributed by atoms with Crippen LogP contribution in [-0.2, 0) is 23.1 Å². The van der Waals surface area contributed by atoms with Crippen molar-refractivity contribution in [3.8, 4) is 5.75 Å². The SMILES string of the molecule is Cc1cc(C)cc(C2(Cc3nc(=O)c(O)c4n3CC3OCC[C@@H](C)N3C4=O)CCCC2)c1. The largest absolute Gasteiger partial charge is 0.501 e. The highest BCUT2D eigenvalue weighted by molar-refractivity contribution is 5.96. The Hall–Kier alpha value is -2.67. The molecule has 7 nitrogen and oxygen atoms in total. The standard InChI is InChI=1S/C25H31N3O4/c1-15-10-16(2)12-18(11-15)25(7-4-5-8-25)13-19-26-23(30)22(29)21-24(31)28-17(3)6-9-32-20(28)14-27(19)21/h10-12,17,20,29H,4-9,13-14H2,1-3H3/t17-,20?/m1/s1. The molecule has 1 amide bonds. The fourth-order valence-electron chi connectivity index (χ4n) is 5.97. The van der Waals surface area contributed by atoms with E-state index in [-0.39, 0.29) is 23.1 Å². The number of benzene rings is 1. The summed E-state index contributed by atoms with van der Waals surface area (Å²) >= 11 is 0. The van der Waals surface area contributed by atoms with Gasteiger partial charge in [0.1, 0.15) is 5.82 Å². The van der Waals surface area contributed by atoms with Gasteiger partial charge in [-0.2, -0.15) is 4.98 Å². The first-order chi connectivity index (χ1) is 15.3. The molecule has 7 heteroatoms. The highest BCUT2D eigenvalue weighted by atomic mass is 16.5. The molecular formula is C25H31N3O4. The minimum atomic E-state index is -0.725. The van der Waals surface area contributed by atoms with E-state index in [9.17, 15) is 14.7 Å². The summed E-state index contributed by atoms with van der Waals surface area (Å²) in [5.41, 5.74) is 2.92. The Bertz CT molecular complexity index is 1110. The van der Waals surface area contributed by atoms with Crippen LogP contribution in [0.2, 0.25) is 0 Å². The van der Waals surface area contributed by atoms with E-state index in [1.807, 2.05) is 6.92 Å². The fraction of sp³-hybridized carbons (Fsp3) is 0.560. The maximum atomic E-state index is 13.4. The summed E-state index contributed by atoms with van der Waals surface area (Å²) in [5.74, 6) is -0.334. The van der Waals surface area contributed by atoms with Crippen LogP contribution in [0.5, 0.6) is 5.75 Å². The lowest BCUT2D eigenvalue weighted by Gasteiger charge is -2.44. The molecule has 2 aromatic rings. The molecule has 1 saturated carbocycles. The quantitative estimate of drug-likeness (QED) is 0.797. The number of aromatic hydroxyl groups is 1. The molecule has 32 heavy (non-hydrogen) atoms. The van der Waals surface area contributed by atoms with Crippen molar-refractivity contribution in [3.63, 3.8) is 0 Å². The van der Waals surface area contributed by atoms with Gasteiger partial charge in [0.2, 0.25) is 5.75 Å². The van der Waals surface area contributed by atoms with Gasteiger partial charge in [-0.15, -0.1) is 0 Å². The van der Waals surface area contributed by atoms with Crippen molar-refractivity contribution >= 4 is 5.91 Å². The first-order valence-electron chi connectivity index (χ1n) is 11.6. The van der Waals surface area contributed by atoms with Gasteiger partial charge in [-0.3, -0.25) is 9.59 Å². The maximum Gasteiger partial charge on any atom is 0.315 e. The van der Waals surface area contributed by atoms with E-state index in [0.717, 1.165) is 32.1 Å². The van der Waals surface area contributed by atoms with Gasteiger partial charge in [-0.25, -0.2) is 0 Å². The molecule has 0 radical (unpaired) electrons. The zero-order valence-corrected chi connectivity index (χ0v) is 19.1. The molecule has 2 aliphatic heterocycles. The van der Waals surface area contributed by atoms with Crippen LogP contribution in [0.4, 0.5) is 0 Å². The van der Waals surface area contributed by atoms with Crippen LogP contribution >= 0.6 is 0 Å². The van der Waals surface area contributed by atoms with Crippen LogP contribution in [-0.4, -0.2) is 44.3 Å². The van der Waals surface area contributed by atoms with Gasteiger partial charge in [-0.1, -0.05) is 42.2 Å². The third-order valence-corrected chi connectivity index (χ3v) is 7.54. The number of aryl methyl sites for hydroxylation is 2. The summed E-state index contributed by atoms with van der Waals surface area (Å²) in [6.07, 6.45) is 5.17. The fourth-order valence-corrected chi connectivity index (χ4v) is 5.97. The van der Waals surface area contributed by atoms with Crippen LogP contribution in [0.3, 0.4) is 0 Å². The van der Waals surface area contributed by atoms with Crippen molar-refractivity contribution in [1.29, 1.82) is 0 Å². The number of amides is 1. The third-order valence-electron chi connectivity index (χ3n) is 7.54. The van der Waals surface area contributed by atoms with Crippen molar-refractivity contribution in [2.45, 2.75) is 83.5 Å². The Labute approximate surface area is 188 Å². The summed E-state index contributed by atoms with van der Waals surface area (Å²) in [7, 11) is 0. The smallest absolute Gasteiger partial charge is 0.315 e. The number of hydrogen-bond acceptors (Lipinski definition) is 5. The van der Waals surface area contributed by atoms with Gasteiger partial charge in [-0.05, 0) is 45.6 Å². The molecule has 2 atom stereocenters. The first-order valence-corrected chi connectivity index (χ1v) is 11.6. The minimum Gasteiger partial charge on any atom is -0.501 e. The second-order valence-corrected chi connectivity index (χ2v) is 9.86. The zero-order valence-electron chi connectivity index (χ0n) is 19.1. The lowest BCUT2D eigenvalue weighted by Crippen LogP contribution is -2.57. The number of hydrogen-bond donors (Lipinski definition) is 1. The first kappa shape index (κ1) is 21.2. The van der Waals surface area contributed by atoms with Crippen LogP contribution < -0.4 is 5.56 Å². The molecule has 1 aromatic carbocycles. The Morgan fingerprint density at radius 1 is 1.16 bits per heavy atom. The van der Waals surface area contributed by atoms with Crippen molar-refractivity contribution < 1.29 is 14.6 Å². The van der Waals surface area contributed by atoms with Crippen molar-refractivity contribution in [1.82, 2.24) is 14.5 Å². The monoisotopic (exact) mass is 437 g/mol. The third kappa shape index (κ3) is 3.34. The van der Waals surface area contributed by atoms with Gasteiger partial charge in [0.25, 0.3) is 5.91 Å². The predicted octanol–water partition coefficient (Wildman–Crippen LogP) is 3.21. The van der Waals surface area contributed by atoms with Crippen molar-refractivity contribution in [2.24, 2.45) is 0 Å². The maximum absolute atomic E-state index is 13.4. The van der Waals surface area contributed by atoms with Gasteiger partial charge in [0, 0.05) is 17.9 Å². The average Bonchev–Trinajstić information content (AvgIpc) is 3.21. The highest BCUT2D eigenvalue weighted by Crippen LogP contribution is 2.44. The van der Waals surface area contributed by atoms with E-state index in [1.165, 1.54) is 16.7 Å². The number of nitrogens with zero attached hydrogens (tertiary/aromatic N) is 3. The Morgan fingerprint density at radius 2 is 1.84 bits per heavy atom. The molecule has 170 valence electrons. The van der Waals surface area contributed by atoms with Gasteiger partial charge in [0.05, 0.1) is 13.2 Å². The normalized spacial score (nSPS) is 24.3. The number of carbonyl (C=O) groups is 1. The summed E-state index contributed by atoms with van der Waals surface area (Å²) in [6.45, 7) is 7.17. The molecule has 2 fully saturated rings. The zero-order chi connectivity index (χ0) is 22.6. The summed E-state index contributed by atoms with van der Waals surface area (Å²) in [5, 5.41) is 10.5. The lowest BCUT2D eigenvalue weighted by molar-refractivity contribution is -0.112. The van der Waals surface area contributed by atoms with Crippen LogP contribution in [0.15, 0.2) is 23.0 Å². The average molecular weight is 438 g/mol. The molecule has 3 aliphatic rings. The molecule has 5 rings (SSSR count). The lowest BCUT2D eigenvalue weighted by atomic mass is 9.75. The summed E-state index contributed by atoms with van der Waals surface area (Å²) in [6, 6.07) is 6.66. The number of carbonyl (C=O) groups excluding carboxylic acids is 1. The van der Waals surface area contributed by atoms with Crippen LogP contribution in [0.25, 0.3) is 0 Å². The number of ether oxygens (including phenoxy) is 1. The predicted molar refractivity (Wildman–Crippen MR) is 120 cm³/mol. The summed E-state index contributed by atoms with van der Waals surface area (Å²) in [4.78, 5) is 32.0. The number of fused-ring (bicyclic) bond motifs is 2. The van der Waals surface area contributed by atoms with Crippen LogP contribution in [0.1, 0.15) is 72.0 Å². The molecular weight excluding hydrogens is 406 g/mol. The highest BCUT2D eigenvalue weighted by Gasteiger charge is 2.43. The van der Waals surface area contributed by atoms with E-state index in [0.29, 0.717) is 25.4 Å². The second-order valence-electron chi connectivity index (χ2n) is 9.86. The molecule has 3 heterocycles. The van der Waals surface area contributed by atoms with Gasteiger partial charge >= 0.3 is 5.56 Å². The molecule has 1 saturated heterocycles. The topological polar surface area (TPSA) is 84.7 Å². The van der Waals surface area contributed by atoms with E-state index >= 15 is 0 Å². The van der Waals surface area contributed by atoms with E-state index in [4.69, 9.17) is 4.74 Å². The molecule has 1 aliphatic carbocycles. The molecule has 0 bridgehead atoms. The minimum absolute atomic E-state index is 0.00226. The van der Waals surface area contributed by atoms with E-state index in [1.54, 1.807) is 9.47 Å². The van der Waals surface area contributed by atoms with E-state index in [2.05, 4.69) is 37.0 Å². The van der Waals surface area contributed by atoms with Crippen molar-refractivity contribution in [3.05, 3.63) is 56.8 Å². The Morgan fingerprint density at radius 3 is 2.53 bits per heavy atom. The van der Waals surface area contributed by atoms with Gasteiger partial charge in [0.15, 0.2) is 11.9 Å². The summed E-state index contributed by atoms with van der Waals surface area (Å²) < 4.78 is 7.66. The Kier molecular flexibility index (Phi) is 5.12. The van der Waals surface area contributed by atoms with Crippen molar-refractivity contribution in [2.75, 3.05) is 6.61 Å². The number of aromatic nitrogens is 2.